The topological polar surface area (TPSA) is 48.1 Å². The molecule has 0 aliphatic carbocycles. The van der Waals surface area contributed by atoms with Gasteiger partial charge in [-0.2, -0.15) is 0 Å². The molecule has 1 heterocycles. The van der Waals surface area contributed by atoms with Crippen LogP contribution in [0.25, 0.3) is 0 Å². The third kappa shape index (κ3) is 3.31. The molecule has 0 saturated heterocycles. The van der Waals surface area contributed by atoms with Gasteiger partial charge >= 0.3 is 0 Å². The van der Waals surface area contributed by atoms with Gasteiger partial charge in [-0.25, -0.2) is 0 Å². The lowest BCUT2D eigenvalue weighted by Gasteiger charge is -2.09. The standard InChI is InChI=1S/C15H18N2O/c1-12-13(5-4-7-15(12)16)11-18-10-8-14-6-2-3-9-17-14/h2-7,9H,8,10-11,16H2,1H3. The largest absolute Gasteiger partial charge is 0.399 e. The summed E-state index contributed by atoms with van der Waals surface area (Å²) in [5, 5.41) is 0. The Labute approximate surface area is 108 Å². The van der Waals surface area contributed by atoms with E-state index in [9.17, 15) is 0 Å². The Hall–Kier alpha value is -1.87. The highest BCUT2D eigenvalue weighted by atomic mass is 16.5. The van der Waals surface area contributed by atoms with Gasteiger partial charge in [-0.05, 0) is 36.2 Å². The molecule has 0 spiro atoms. The van der Waals surface area contributed by atoms with Crippen LogP contribution in [-0.2, 0) is 17.8 Å². The Kier molecular flexibility index (Phi) is 4.31. The highest BCUT2D eigenvalue weighted by Gasteiger charge is 2.01. The van der Waals surface area contributed by atoms with Gasteiger partial charge in [0.05, 0.1) is 13.2 Å². The molecule has 0 atom stereocenters. The van der Waals surface area contributed by atoms with Gasteiger partial charge in [0, 0.05) is 24.0 Å². The van der Waals surface area contributed by atoms with E-state index in [1.165, 1.54) is 0 Å². The Bertz CT molecular complexity index is 497. The monoisotopic (exact) mass is 242 g/mol. The fraction of sp³-hybridized carbons (Fsp3) is 0.267. The van der Waals surface area contributed by atoms with Crippen LogP contribution in [0.4, 0.5) is 5.69 Å². The minimum Gasteiger partial charge on any atom is -0.399 e. The van der Waals surface area contributed by atoms with Crippen LogP contribution in [0.3, 0.4) is 0 Å². The van der Waals surface area contributed by atoms with Gasteiger partial charge < -0.3 is 10.5 Å². The summed E-state index contributed by atoms with van der Waals surface area (Å²) in [4.78, 5) is 4.25. The van der Waals surface area contributed by atoms with E-state index in [4.69, 9.17) is 10.5 Å². The zero-order valence-corrected chi connectivity index (χ0v) is 10.6. The van der Waals surface area contributed by atoms with Gasteiger partial charge in [0.15, 0.2) is 0 Å². The molecule has 94 valence electrons. The van der Waals surface area contributed by atoms with Crippen LogP contribution in [-0.4, -0.2) is 11.6 Å². The molecule has 0 bridgehead atoms. The first-order chi connectivity index (χ1) is 8.77. The lowest BCUT2D eigenvalue weighted by atomic mass is 10.1. The van der Waals surface area contributed by atoms with Crippen molar-refractivity contribution in [2.75, 3.05) is 12.3 Å². The van der Waals surface area contributed by atoms with E-state index in [0.29, 0.717) is 13.2 Å². The van der Waals surface area contributed by atoms with Crippen LogP contribution < -0.4 is 5.73 Å². The van der Waals surface area contributed by atoms with E-state index in [-0.39, 0.29) is 0 Å². The highest BCUT2D eigenvalue weighted by molar-refractivity contribution is 5.49. The maximum Gasteiger partial charge on any atom is 0.0720 e. The highest BCUT2D eigenvalue weighted by Crippen LogP contribution is 2.16. The molecule has 2 aromatic rings. The number of anilines is 1. The molecule has 2 rings (SSSR count). The molecular weight excluding hydrogens is 224 g/mol. The van der Waals surface area contributed by atoms with E-state index in [2.05, 4.69) is 4.98 Å². The molecule has 3 nitrogen and oxygen atoms in total. The number of hydrogen-bond donors (Lipinski definition) is 1. The van der Waals surface area contributed by atoms with Crippen molar-refractivity contribution in [3.8, 4) is 0 Å². The lowest BCUT2D eigenvalue weighted by Crippen LogP contribution is -2.02. The predicted octanol–water partition coefficient (Wildman–Crippen LogP) is 2.73. The first-order valence-electron chi connectivity index (χ1n) is 6.09. The Morgan fingerprint density at radius 3 is 2.83 bits per heavy atom. The molecule has 0 unspecified atom stereocenters. The van der Waals surface area contributed by atoms with E-state index in [0.717, 1.165) is 28.9 Å². The van der Waals surface area contributed by atoms with Gasteiger partial charge in [-0.3, -0.25) is 4.98 Å². The van der Waals surface area contributed by atoms with Gasteiger partial charge in [0.2, 0.25) is 0 Å². The molecule has 1 aromatic heterocycles. The summed E-state index contributed by atoms with van der Waals surface area (Å²) >= 11 is 0. The first-order valence-corrected chi connectivity index (χ1v) is 6.09. The van der Waals surface area contributed by atoms with E-state index < -0.39 is 0 Å². The summed E-state index contributed by atoms with van der Waals surface area (Å²) in [7, 11) is 0. The fourth-order valence-corrected chi connectivity index (χ4v) is 1.76. The second-order valence-electron chi connectivity index (χ2n) is 4.26. The van der Waals surface area contributed by atoms with Crippen LogP contribution in [0.1, 0.15) is 16.8 Å². The van der Waals surface area contributed by atoms with Crippen molar-refractivity contribution in [1.29, 1.82) is 0 Å². The third-order valence-electron chi connectivity index (χ3n) is 2.97. The van der Waals surface area contributed by atoms with E-state index >= 15 is 0 Å². The average Bonchev–Trinajstić information content (AvgIpc) is 2.40. The number of pyridine rings is 1. The number of ether oxygens (including phenoxy) is 1. The molecule has 0 amide bonds. The molecule has 1 aromatic carbocycles. The minimum atomic E-state index is 0.601. The Morgan fingerprint density at radius 1 is 1.17 bits per heavy atom. The Balaban J connectivity index is 1.81. The van der Waals surface area contributed by atoms with E-state index in [1.54, 1.807) is 6.20 Å². The summed E-state index contributed by atoms with van der Waals surface area (Å²) < 4.78 is 5.66. The van der Waals surface area contributed by atoms with E-state index in [1.807, 2.05) is 43.3 Å². The van der Waals surface area contributed by atoms with Crippen molar-refractivity contribution >= 4 is 5.69 Å². The minimum absolute atomic E-state index is 0.601. The number of rotatable bonds is 5. The van der Waals surface area contributed by atoms with Crippen LogP contribution in [0.5, 0.6) is 0 Å². The maximum absolute atomic E-state index is 5.85. The van der Waals surface area contributed by atoms with Gasteiger partial charge in [-0.15, -0.1) is 0 Å². The summed E-state index contributed by atoms with van der Waals surface area (Å²) in [6.07, 6.45) is 2.64. The average molecular weight is 242 g/mol. The number of aromatic nitrogens is 1. The summed E-state index contributed by atoms with van der Waals surface area (Å²) in [6, 6.07) is 11.8. The first kappa shape index (κ1) is 12.6. The van der Waals surface area contributed by atoms with Crippen molar-refractivity contribution in [1.82, 2.24) is 4.98 Å². The molecule has 18 heavy (non-hydrogen) atoms. The van der Waals surface area contributed by atoms with Crippen molar-refractivity contribution in [3.63, 3.8) is 0 Å². The number of nitrogen functional groups attached to an aromatic ring is 1. The number of benzene rings is 1. The quantitative estimate of drug-likeness (QED) is 0.648. The zero-order valence-electron chi connectivity index (χ0n) is 10.6. The van der Waals surface area contributed by atoms with Crippen molar-refractivity contribution in [2.24, 2.45) is 0 Å². The molecule has 0 fully saturated rings. The smallest absolute Gasteiger partial charge is 0.0720 e. The van der Waals surface area contributed by atoms with Crippen LogP contribution in [0, 0.1) is 6.92 Å². The summed E-state index contributed by atoms with van der Waals surface area (Å²) in [5.74, 6) is 0. The number of hydrogen-bond acceptors (Lipinski definition) is 3. The Morgan fingerprint density at radius 2 is 2.06 bits per heavy atom. The maximum atomic E-state index is 5.85. The van der Waals surface area contributed by atoms with Crippen LogP contribution in [0.15, 0.2) is 42.6 Å². The van der Waals surface area contributed by atoms with Crippen LogP contribution in [0.2, 0.25) is 0 Å². The van der Waals surface area contributed by atoms with Crippen molar-refractivity contribution < 1.29 is 4.74 Å². The second kappa shape index (κ2) is 6.17. The summed E-state index contributed by atoms with van der Waals surface area (Å²) in [5.41, 5.74) is 9.98. The normalized spacial score (nSPS) is 10.5. The molecule has 0 aliphatic heterocycles. The third-order valence-corrected chi connectivity index (χ3v) is 2.97. The number of nitrogens with two attached hydrogens (primary N) is 1. The molecule has 2 N–H and O–H groups in total. The van der Waals surface area contributed by atoms with Crippen LogP contribution >= 0.6 is 0 Å². The van der Waals surface area contributed by atoms with Gasteiger partial charge in [-0.1, -0.05) is 18.2 Å². The van der Waals surface area contributed by atoms with Gasteiger partial charge in [0.1, 0.15) is 0 Å². The molecule has 0 radical (unpaired) electrons. The zero-order chi connectivity index (χ0) is 12.8. The SMILES string of the molecule is Cc1c(N)cccc1COCCc1ccccn1. The second-order valence-corrected chi connectivity index (χ2v) is 4.26. The lowest BCUT2D eigenvalue weighted by molar-refractivity contribution is 0.123. The van der Waals surface area contributed by atoms with Gasteiger partial charge in [0.25, 0.3) is 0 Å². The van der Waals surface area contributed by atoms with Crippen molar-refractivity contribution in [2.45, 2.75) is 20.0 Å². The predicted molar refractivity (Wildman–Crippen MR) is 73.2 cm³/mol. The summed E-state index contributed by atoms with van der Waals surface area (Å²) in [6.45, 7) is 3.29. The molecule has 3 heteroatoms. The van der Waals surface area contributed by atoms with Crippen molar-refractivity contribution in [3.05, 3.63) is 59.4 Å². The molecule has 0 aliphatic rings. The molecule has 0 saturated carbocycles. The fourth-order valence-electron chi connectivity index (χ4n) is 1.76. The number of nitrogens with zero attached hydrogens (tertiary/aromatic N) is 1. The molecular formula is C15H18N2O.